The second-order valence-corrected chi connectivity index (χ2v) is 0.245. The third-order valence-electron chi connectivity index (χ3n) is 0. The largest absolute Gasteiger partial charge is 0.324 e. The van der Waals surface area contributed by atoms with E-state index in [1.165, 1.54) is 0 Å². The SMILES string of the molecule is O=PO.[MgH2]. The van der Waals surface area contributed by atoms with Crippen LogP contribution in [-0.2, 0) is 4.57 Å². The van der Waals surface area contributed by atoms with Gasteiger partial charge in [-0.2, -0.15) is 0 Å². The first kappa shape index (κ1) is 8.85. The molecule has 0 aliphatic carbocycles. The molecule has 1 N–H and O–H groups in total. The molecular formula is H3MgO2P. The van der Waals surface area contributed by atoms with Gasteiger partial charge in [-0.1, -0.05) is 0 Å². The summed E-state index contributed by atoms with van der Waals surface area (Å²) in [4.78, 5) is 6.99. The Labute approximate surface area is 41.6 Å². The highest BCUT2D eigenvalue weighted by Gasteiger charge is 1.28. The van der Waals surface area contributed by atoms with E-state index in [1.54, 1.807) is 0 Å². The minimum Gasteiger partial charge on any atom is -0.310 e. The average Bonchev–Trinajstić information content (AvgIpc) is 0.918. The number of rotatable bonds is 0. The zero-order valence-corrected chi connectivity index (χ0v) is 2.20. The Balaban J connectivity index is 0. The fourth-order valence-corrected chi connectivity index (χ4v) is 0. The van der Waals surface area contributed by atoms with Gasteiger partial charge in [0.15, 0.2) is 0 Å². The van der Waals surface area contributed by atoms with E-state index in [9.17, 15) is 0 Å². The predicted molar refractivity (Wildman–Crippen MR) is 18.4 cm³/mol. The van der Waals surface area contributed by atoms with Gasteiger partial charge in [0.2, 0.25) is 0 Å². The van der Waals surface area contributed by atoms with Crippen LogP contribution in [0.5, 0.6) is 0 Å². The molecule has 0 aliphatic rings. The standard InChI is InChI=1S/Mg.HO2P.2H/c;1-3-2;;/h;(H,1,2);;. The summed E-state index contributed by atoms with van der Waals surface area (Å²) >= 11 is 0. The fraction of sp³-hybridized carbons (Fsp3) is 0. The fourth-order valence-electron chi connectivity index (χ4n) is 0. The Morgan fingerprint density at radius 1 is 1.75 bits per heavy atom. The van der Waals surface area contributed by atoms with Gasteiger partial charge in [0.1, 0.15) is 0 Å². The Morgan fingerprint density at radius 3 is 1.75 bits per heavy atom. The molecule has 0 aromatic carbocycles. The number of hydrogen-bond acceptors (Lipinski definition) is 1. The summed E-state index contributed by atoms with van der Waals surface area (Å²) in [7, 11) is -0.833. The molecular weight excluding hydrogens is 87.3 g/mol. The number of hydrogen-bond donors (Lipinski definition) is 1. The lowest BCUT2D eigenvalue weighted by molar-refractivity contribution is 0.524. The second-order valence-electron chi connectivity index (χ2n) is 0.0816. The molecule has 0 saturated heterocycles. The molecule has 0 saturated carbocycles. The van der Waals surface area contributed by atoms with Crippen molar-refractivity contribution in [3.63, 3.8) is 0 Å². The van der Waals surface area contributed by atoms with Gasteiger partial charge in [0.05, 0.1) is 0 Å². The smallest absolute Gasteiger partial charge is 0.310 e. The summed E-state index contributed by atoms with van der Waals surface area (Å²) in [6.07, 6.45) is 0. The lowest BCUT2D eigenvalue weighted by atomic mass is 15.9. The van der Waals surface area contributed by atoms with Crippen LogP contribution in [0.1, 0.15) is 0 Å². The molecule has 0 aliphatic heterocycles. The molecule has 0 heterocycles. The zero-order chi connectivity index (χ0) is 2.71. The van der Waals surface area contributed by atoms with Crippen LogP contribution in [-0.4, -0.2) is 27.9 Å². The third-order valence-corrected chi connectivity index (χ3v) is 0. The summed E-state index contributed by atoms with van der Waals surface area (Å²) in [5.41, 5.74) is 0. The molecule has 0 atom stereocenters. The minimum atomic E-state index is -0.833. The van der Waals surface area contributed by atoms with Crippen molar-refractivity contribution >= 4 is 31.7 Å². The Hall–Kier alpha value is 0.826. The first-order valence-corrected chi connectivity index (χ1v) is 1.15. The molecule has 4 heavy (non-hydrogen) atoms. The van der Waals surface area contributed by atoms with Crippen molar-refractivity contribution in [3.05, 3.63) is 0 Å². The maximum absolute atomic E-state index is 8.46. The van der Waals surface area contributed by atoms with E-state index in [-0.39, 0.29) is 23.1 Å². The molecule has 0 amide bonds. The van der Waals surface area contributed by atoms with Crippen LogP contribution in [0.3, 0.4) is 0 Å². The highest BCUT2D eigenvalue weighted by atomic mass is 31.1. The molecule has 0 radical (unpaired) electrons. The van der Waals surface area contributed by atoms with E-state index < -0.39 is 8.69 Å². The molecule has 0 rings (SSSR count). The van der Waals surface area contributed by atoms with Gasteiger partial charge < -0.3 is 4.89 Å². The second kappa shape index (κ2) is 9.16. The Morgan fingerprint density at radius 2 is 1.75 bits per heavy atom. The van der Waals surface area contributed by atoms with E-state index >= 15 is 0 Å². The topological polar surface area (TPSA) is 37.3 Å². The van der Waals surface area contributed by atoms with Gasteiger partial charge in [0.25, 0.3) is 0 Å². The average molecular weight is 90.3 g/mol. The van der Waals surface area contributed by atoms with Crippen LogP contribution >= 0.6 is 8.69 Å². The molecule has 0 unspecified atom stereocenters. The summed E-state index contributed by atoms with van der Waals surface area (Å²) in [6.45, 7) is 0. The molecule has 0 fully saturated rings. The van der Waals surface area contributed by atoms with Crippen LogP contribution in [0.4, 0.5) is 0 Å². The molecule has 0 spiro atoms. The summed E-state index contributed by atoms with van der Waals surface area (Å²) in [5, 5.41) is 0. The van der Waals surface area contributed by atoms with Crippen LogP contribution in [0, 0.1) is 0 Å². The zero-order valence-electron chi connectivity index (χ0n) is 1.30. The minimum absolute atomic E-state index is 0. The monoisotopic (exact) mass is 90.0 g/mol. The van der Waals surface area contributed by atoms with Crippen molar-refractivity contribution in [3.8, 4) is 0 Å². The summed E-state index contributed by atoms with van der Waals surface area (Å²) in [5.74, 6) is 0. The summed E-state index contributed by atoms with van der Waals surface area (Å²) in [6, 6.07) is 0. The van der Waals surface area contributed by atoms with Crippen molar-refractivity contribution in [2.75, 3.05) is 0 Å². The molecule has 0 aromatic rings. The normalized spacial score (nSPS) is 5.25. The van der Waals surface area contributed by atoms with Crippen molar-refractivity contribution in [2.24, 2.45) is 0 Å². The summed E-state index contributed by atoms with van der Waals surface area (Å²) < 4.78 is 8.46. The van der Waals surface area contributed by atoms with Gasteiger partial charge in [-0.25, -0.2) is 4.57 Å². The van der Waals surface area contributed by atoms with Crippen LogP contribution in [0.2, 0.25) is 0 Å². The van der Waals surface area contributed by atoms with Crippen molar-refractivity contribution < 1.29 is 9.46 Å². The highest BCUT2D eigenvalue weighted by molar-refractivity contribution is 7.16. The lowest BCUT2D eigenvalue weighted by Crippen LogP contribution is -1.03. The first-order chi connectivity index (χ1) is 1.41. The lowest BCUT2D eigenvalue weighted by Gasteiger charge is -1.24. The van der Waals surface area contributed by atoms with Crippen molar-refractivity contribution in [1.82, 2.24) is 0 Å². The van der Waals surface area contributed by atoms with E-state index in [0.29, 0.717) is 0 Å². The van der Waals surface area contributed by atoms with Crippen molar-refractivity contribution in [2.45, 2.75) is 0 Å². The van der Waals surface area contributed by atoms with E-state index in [2.05, 4.69) is 0 Å². The first-order valence-electron chi connectivity index (χ1n) is 0.383. The Kier molecular flexibility index (Phi) is 20.3. The molecule has 0 bridgehead atoms. The van der Waals surface area contributed by atoms with Gasteiger partial charge >= 0.3 is 31.7 Å². The van der Waals surface area contributed by atoms with E-state index in [4.69, 9.17) is 9.46 Å². The van der Waals surface area contributed by atoms with Gasteiger partial charge in [0, 0.05) is 0 Å². The predicted octanol–water partition coefficient (Wildman–Crippen LogP) is -0.731. The van der Waals surface area contributed by atoms with Crippen LogP contribution in [0.15, 0.2) is 0 Å². The van der Waals surface area contributed by atoms with Gasteiger partial charge in [-0.15, -0.1) is 0 Å². The van der Waals surface area contributed by atoms with Gasteiger partial charge in [-0.3, -0.25) is 0 Å². The van der Waals surface area contributed by atoms with E-state index in [1.807, 2.05) is 0 Å². The third kappa shape index (κ3) is 13.8. The van der Waals surface area contributed by atoms with Crippen molar-refractivity contribution in [1.29, 1.82) is 0 Å². The molecule has 0 aromatic heterocycles. The maximum Gasteiger partial charge on any atom is 0.324 e. The van der Waals surface area contributed by atoms with E-state index in [0.717, 1.165) is 0 Å². The molecule has 22 valence electrons. The highest BCUT2D eigenvalue weighted by Crippen LogP contribution is 1.66. The molecule has 4 heteroatoms. The van der Waals surface area contributed by atoms with Crippen LogP contribution < -0.4 is 0 Å². The molecule has 2 nitrogen and oxygen atoms in total. The maximum atomic E-state index is 8.46. The quantitative estimate of drug-likeness (QED) is 0.314. The Bertz CT molecular complexity index is 13.5. The van der Waals surface area contributed by atoms with Gasteiger partial charge in [-0.05, 0) is 0 Å². The van der Waals surface area contributed by atoms with Crippen LogP contribution in [0.25, 0.3) is 0 Å².